The number of rotatable bonds is 4. The average Bonchev–Trinajstić information content (AvgIpc) is 2.26. The first-order valence-electron chi connectivity index (χ1n) is 4.32. The quantitative estimate of drug-likeness (QED) is 0.480. The van der Waals surface area contributed by atoms with Crippen LogP contribution in [0.4, 0.5) is 10.1 Å². The highest BCUT2D eigenvalue weighted by atomic mass is 35.5. The Balaban J connectivity index is 3.09. The van der Waals surface area contributed by atoms with Gasteiger partial charge in [-0.05, 0) is 11.6 Å². The number of hydrogen-bond acceptors (Lipinski definition) is 4. The molecule has 0 saturated heterocycles. The Labute approximate surface area is 95.2 Å². The summed E-state index contributed by atoms with van der Waals surface area (Å²) in [5.74, 6) is -1.11. The number of nitro benzene ring substituents is 1. The number of aliphatic hydroxyl groups is 2. The summed E-state index contributed by atoms with van der Waals surface area (Å²) in [7, 11) is 0. The van der Waals surface area contributed by atoms with Gasteiger partial charge in [-0.25, -0.2) is 4.39 Å². The van der Waals surface area contributed by atoms with Crippen molar-refractivity contribution in [3.8, 4) is 0 Å². The van der Waals surface area contributed by atoms with Crippen molar-refractivity contribution in [2.45, 2.75) is 12.2 Å². The van der Waals surface area contributed by atoms with Gasteiger partial charge in [-0.3, -0.25) is 10.1 Å². The maximum atomic E-state index is 13.0. The number of non-ortho nitro benzene ring substituents is 1. The summed E-state index contributed by atoms with van der Waals surface area (Å²) in [4.78, 5) is 9.65. The lowest BCUT2D eigenvalue weighted by molar-refractivity contribution is -0.385. The third-order valence-corrected chi connectivity index (χ3v) is 2.30. The standard InChI is InChI=1S/C9H9ClFNO4/c10-4-8(13)9(14)5-1-6(11)3-7(2-5)12(15)16/h1-3,8-9,13-14H,4H2. The maximum absolute atomic E-state index is 13.0. The van der Waals surface area contributed by atoms with Crippen LogP contribution in [0.5, 0.6) is 0 Å². The van der Waals surface area contributed by atoms with Crippen molar-refractivity contribution in [1.82, 2.24) is 0 Å². The molecule has 0 aromatic heterocycles. The maximum Gasteiger partial charge on any atom is 0.272 e. The summed E-state index contributed by atoms with van der Waals surface area (Å²) < 4.78 is 13.0. The number of aliphatic hydroxyl groups excluding tert-OH is 2. The molecule has 5 nitrogen and oxygen atoms in total. The predicted octanol–water partition coefficient (Wildman–Crippen LogP) is 1.37. The van der Waals surface area contributed by atoms with Crippen LogP contribution in [0.15, 0.2) is 18.2 Å². The van der Waals surface area contributed by atoms with Gasteiger partial charge < -0.3 is 10.2 Å². The van der Waals surface area contributed by atoms with E-state index in [4.69, 9.17) is 11.6 Å². The van der Waals surface area contributed by atoms with Gasteiger partial charge in [0.2, 0.25) is 0 Å². The van der Waals surface area contributed by atoms with Crippen molar-refractivity contribution in [1.29, 1.82) is 0 Å². The molecule has 2 atom stereocenters. The van der Waals surface area contributed by atoms with Gasteiger partial charge in [-0.1, -0.05) is 0 Å². The molecule has 0 aliphatic heterocycles. The zero-order valence-corrected chi connectivity index (χ0v) is 8.76. The van der Waals surface area contributed by atoms with Crippen LogP contribution in [0.2, 0.25) is 0 Å². The van der Waals surface area contributed by atoms with Gasteiger partial charge in [0, 0.05) is 6.07 Å². The van der Waals surface area contributed by atoms with Crippen LogP contribution in [0.1, 0.15) is 11.7 Å². The smallest absolute Gasteiger partial charge is 0.272 e. The first kappa shape index (κ1) is 12.8. The molecule has 1 aromatic rings. The highest BCUT2D eigenvalue weighted by Crippen LogP contribution is 2.23. The van der Waals surface area contributed by atoms with E-state index in [9.17, 15) is 24.7 Å². The lowest BCUT2D eigenvalue weighted by atomic mass is 10.0. The highest BCUT2D eigenvalue weighted by Gasteiger charge is 2.21. The van der Waals surface area contributed by atoms with Crippen LogP contribution in [0, 0.1) is 15.9 Å². The normalized spacial score (nSPS) is 14.5. The molecule has 0 aliphatic rings. The molecule has 0 saturated carbocycles. The van der Waals surface area contributed by atoms with Gasteiger partial charge in [0.05, 0.1) is 23.0 Å². The van der Waals surface area contributed by atoms with E-state index in [-0.39, 0.29) is 11.4 Å². The highest BCUT2D eigenvalue weighted by molar-refractivity contribution is 6.18. The largest absolute Gasteiger partial charge is 0.389 e. The monoisotopic (exact) mass is 249 g/mol. The molecule has 2 unspecified atom stereocenters. The SMILES string of the molecule is O=[N+]([O-])c1cc(F)cc(C(O)C(O)CCl)c1. The molecule has 0 bridgehead atoms. The summed E-state index contributed by atoms with van der Waals surface area (Å²) in [5.41, 5.74) is -0.573. The molecule has 0 spiro atoms. The van der Waals surface area contributed by atoms with Crippen LogP contribution in [0.3, 0.4) is 0 Å². The third kappa shape index (κ3) is 2.88. The minimum absolute atomic E-state index is 0.0835. The minimum Gasteiger partial charge on any atom is -0.389 e. The first-order chi connectivity index (χ1) is 7.45. The molecular weight excluding hydrogens is 241 g/mol. The topological polar surface area (TPSA) is 83.6 Å². The van der Waals surface area contributed by atoms with Gasteiger partial charge in [0.1, 0.15) is 11.9 Å². The zero-order chi connectivity index (χ0) is 12.3. The molecule has 7 heteroatoms. The van der Waals surface area contributed by atoms with Gasteiger partial charge in [-0.2, -0.15) is 0 Å². The van der Waals surface area contributed by atoms with E-state index in [1.165, 1.54) is 0 Å². The summed E-state index contributed by atoms with van der Waals surface area (Å²) in [6.07, 6.45) is -2.75. The molecule has 0 aliphatic carbocycles. The predicted molar refractivity (Wildman–Crippen MR) is 54.7 cm³/mol. The summed E-state index contributed by atoms with van der Waals surface area (Å²) in [6.45, 7) is 0. The number of hydrogen-bond donors (Lipinski definition) is 2. The van der Waals surface area contributed by atoms with Crippen molar-refractivity contribution >= 4 is 17.3 Å². The summed E-state index contributed by atoms with van der Waals surface area (Å²) in [5, 5.41) is 29.2. The Morgan fingerprint density at radius 2 is 2.06 bits per heavy atom. The number of halogens is 2. The Morgan fingerprint density at radius 3 is 2.56 bits per heavy atom. The van der Waals surface area contributed by atoms with Gasteiger partial charge >= 0.3 is 0 Å². The lowest BCUT2D eigenvalue weighted by Crippen LogP contribution is -2.19. The molecular formula is C9H9ClFNO4. The van der Waals surface area contributed by atoms with Crippen molar-refractivity contribution in [2.24, 2.45) is 0 Å². The minimum atomic E-state index is -1.45. The van der Waals surface area contributed by atoms with E-state index >= 15 is 0 Å². The van der Waals surface area contributed by atoms with E-state index < -0.39 is 28.6 Å². The first-order valence-corrected chi connectivity index (χ1v) is 4.86. The molecule has 0 amide bonds. The van der Waals surface area contributed by atoms with E-state index in [0.717, 1.165) is 18.2 Å². The zero-order valence-electron chi connectivity index (χ0n) is 8.01. The molecule has 1 rings (SSSR count). The van der Waals surface area contributed by atoms with Crippen molar-refractivity contribution in [2.75, 3.05) is 5.88 Å². The van der Waals surface area contributed by atoms with Gasteiger partial charge in [0.15, 0.2) is 0 Å². The van der Waals surface area contributed by atoms with Crippen molar-refractivity contribution < 1.29 is 19.5 Å². The Kier molecular flexibility index (Phi) is 4.17. The van der Waals surface area contributed by atoms with Gasteiger partial charge in [-0.15, -0.1) is 11.6 Å². The van der Waals surface area contributed by atoms with Crippen LogP contribution >= 0.6 is 11.6 Å². The summed E-state index contributed by atoms with van der Waals surface area (Å²) in [6, 6.07) is 2.63. The Hall–Kier alpha value is -1.24. The second-order valence-corrected chi connectivity index (χ2v) is 3.47. The number of nitrogens with zero attached hydrogens (tertiary/aromatic N) is 1. The van der Waals surface area contributed by atoms with Crippen LogP contribution in [-0.2, 0) is 0 Å². The second kappa shape index (κ2) is 5.20. The van der Waals surface area contributed by atoms with Crippen LogP contribution in [-0.4, -0.2) is 27.1 Å². The van der Waals surface area contributed by atoms with E-state index in [2.05, 4.69) is 0 Å². The Morgan fingerprint density at radius 1 is 1.44 bits per heavy atom. The van der Waals surface area contributed by atoms with E-state index in [1.54, 1.807) is 0 Å². The molecule has 88 valence electrons. The fourth-order valence-corrected chi connectivity index (χ4v) is 1.35. The average molecular weight is 250 g/mol. The number of nitro groups is 1. The van der Waals surface area contributed by atoms with E-state index in [0.29, 0.717) is 0 Å². The van der Waals surface area contributed by atoms with Crippen molar-refractivity contribution in [3.05, 3.63) is 39.7 Å². The van der Waals surface area contributed by atoms with Crippen molar-refractivity contribution in [3.63, 3.8) is 0 Å². The second-order valence-electron chi connectivity index (χ2n) is 3.17. The third-order valence-electron chi connectivity index (χ3n) is 1.98. The molecule has 0 fully saturated rings. The molecule has 0 radical (unpaired) electrons. The fourth-order valence-electron chi connectivity index (χ4n) is 1.18. The molecule has 16 heavy (non-hydrogen) atoms. The van der Waals surface area contributed by atoms with Crippen LogP contribution < -0.4 is 0 Å². The number of benzene rings is 1. The van der Waals surface area contributed by atoms with Crippen LogP contribution in [0.25, 0.3) is 0 Å². The molecule has 2 N–H and O–H groups in total. The lowest BCUT2D eigenvalue weighted by Gasteiger charge is -2.15. The van der Waals surface area contributed by atoms with E-state index in [1.807, 2.05) is 0 Å². The summed E-state index contributed by atoms with van der Waals surface area (Å²) >= 11 is 5.30. The Bertz CT molecular complexity index is 401. The molecule has 1 aromatic carbocycles. The fraction of sp³-hybridized carbons (Fsp3) is 0.333. The van der Waals surface area contributed by atoms with Gasteiger partial charge in [0.25, 0.3) is 5.69 Å². The molecule has 0 heterocycles. The number of alkyl halides is 1.